The molecule has 3 heteroatoms. The van der Waals surface area contributed by atoms with E-state index in [9.17, 15) is 0 Å². The fourth-order valence-electron chi connectivity index (χ4n) is 2.88. The number of benzene rings is 1. The van der Waals surface area contributed by atoms with Gasteiger partial charge in [0, 0.05) is 12.1 Å². The highest BCUT2D eigenvalue weighted by Gasteiger charge is 2.26. The van der Waals surface area contributed by atoms with Crippen LogP contribution in [0.1, 0.15) is 44.3 Å². The summed E-state index contributed by atoms with van der Waals surface area (Å²) in [5.74, 6) is 1.49. The Labute approximate surface area is 116 Å². The van der Waals surface area contributed by atoms with E-state index in [-0.39, 0.29) is 6.10 Å². The lowest BCUT2D eigenvalue weighted by Crippen LogP contribution is -2.30. The minimum absolute atomic E-state index is 0.0679. The van der Waals surface area contributed by atoms with E-state index in [1.807, 2.05) is 24.3 Å². The summed E-state index contributed by atoms with van der Waals surface area (Å²) in [4.78, 5) is 0. The summed E-state index contributed by atoms with van der Waals surface area (Å²) in [7, 11) is 1.69. The Bertz CT molecular complexity index is 394. The van der Waals surface area contributed by atoms with E-state index < -0.39 is 0 Å². The van der Waals surface area contributed by atoms with E-state index in [0.29, 0.717) is 18.6 Å². The molecular weight excluding hydrogens is 238 g/mol. The maximum atomic E-state index is 6.28. The van der Waals surface area contributed by atoms with Crippen LogP contribution in [-0.4, -0.2) is 19.8 Å². The lowest BCUT2D eigenvalue weighted by Gasteiger charge is -2.32. The molecule has 3 atom stereocenters. The maximum absolute atomic E-state index is 6.28. The third kappa shape index (κ3) is 3.48. The molecule has 0 saturated heterocycles. The van der Waals surface area contributed by atoms with Gasteiger partial charge >= 0.3 is 0 Å². The van der Waals surface area contributed by atoms with Crippen molar-refractivity contribution < 1.29 is 9.47 Å². The van der Waals surface area contributed by atoms with Gasteiger partial charge in [-0.25, -0.2) is 0 Å². The van der Waals surface area contributed by atoms with Gasteiger partial charge < -0.3 is 15.2 Å². The van der Waals surface area contributed by atoms with Crippen molar-refractivity contribution in [1.82, 2.24) is 0 Å². The van der Waals surface area contributed by atoms with Crippen LogP contribution in [0.25, 0.3) is 0 Å². The molecule has 0 aliphatic heterocycles. The normalized spacial score (nSPS) is 25.0. The first-order valence-corrected chi connectivity index (χ1v) is 7.24. The predicted octanol–water partition coefficient (Wildman–Crippen LogP) is 3.29. The molecule has 3 unspecified atom stereocenters. The summed E-state index contributed by atoms with van der Waals surface area (Å²) in [5, 5.41) is 0. The van der Waals surface area contributed by atoms with E-state index in [1.165, 1.54) is 19.3 Å². The van der Waals surface area contributed by atoms with Crippen LogP contribution in [0.3, 0.4) is 0 Å². The number of ether oxygens (including phenoxy) is 2. The summed E-state index contributed by atoms with van der Waals surface area (Å²) in [6.07, 6.45) is 5.25. The van der Waals surface area contributed by atoms with Crippen molar-refractivity contribution in [2.45, 2.75) is 44.8 Å². The lowest BCUT2D eigenvalue weighted by molar-refractivity contribution is -0.0540. The molecule has 0 amide bonds. The first-order chi connectivity index (χ1) is 9.26. The van der Waals surface area contributed by atoms with Crippen LogP contribution >= 0.6 is 0 Å². The van der Waals surface area contributed by atoms with Gasteiger partial charge in [-0.3, -0.25) is 0 Å². The van der Waals surface area contributed by atoms with Crippen molar-refractivity contribution in [3.63, 3.8) is 0 Å². The molecule has 1 aromatic rings. The molecule has 3 nitrogen and oxygen atoms in total. The van der Waals surface area contributed by atoms with Crippen LogP contribution in [0, 0.1) is 5.92 Å². The zero-order valence-electron chi connectivity index (χ0n) is 12.0. The summed E-state index contributed by atoms with van der Waals surface area (Å²) >= 11 is 0. The second kappa shape index (κ2) is 6.92. The zero-order chi connectivity index (χ0) is 13.7. The Morgan fingerprint density at radius 1 is 1.26 bits per heavy atom. The van der Waals surface area contributed by atoms with Gasteiger partial charge in [0.15, 0.2) is 0 Å². The van der Waals surface area contributed by atoms with E-state index in [2.05, 4.69) is 6.92 Å². The fourth-order valence-corrected chi connectivity index (χ4v) is 2.88. The van der Waals surface area contributed by atoms with Crippen molar-refractivity contribution in [2.75, 3.05) is 13.7 Å². The molecule has 1 fully saturated rings. The first kappa shape index (κ1) is 14.4. The average Bonchev–Trinajstić information content (AvgIpc) is 2.46. The van der Waals surface area contributed by atoms with E-state index in [4.69, 9.17) is 15.2 Å². The Balaban J connectivity index is 2.10. The third-order valence-corrected chi connectivity index (χ3v) is 4.07. The van der Waals surface area contributed by atoms with Crippen molar-refractivity contribution in [1.29, 1.82) is 0 Å². The van der Waals surface area contributed by atoms with Crippen LogP contribution in [0.5, 0.6) is 5.75 Å². The van der Waals surface area contributed by atoms with Crippen molar-refractivity contribution in [3.8, 4) is 5.75 Å². The smallest absolute Gasteiger partial charge is 0.124 e. The fraction of sp³-hybridized carbons (Fsp3) is 0.625. The van der Waals surface area contributed by atoms with Gasteiger partial charge in [0.25, 0.3) is 0 Å². The van der Waals surface area contributed by atoms with Gasteiger partial charge in [-0.1, -0.05) is 38.0 Å². The SMILES string of the molecule is COc1ccccc1C(CN)OC1CCCCC1C. The lowest BCUT2D eigenvalue weighted by atomic mass is 9.87. The van der Waals surface area contributed by atoms with Crippen molar-refractivity contribution in [3.05, 3.63) is 29.8 Å². The summed E-state index contributed by atoms with van der Waals surface area (Å²) in [5.41, 5.74) is 6.97. The largest absolute Gasteiger partial charge is 0.496 e. The summed E-state index contributed by atoms with van der Waals surface area (Å²) in [6.45, 7) is 2.77. The molecule has 0 spiro atoms. The van der Waals surface area contributed by atoms with Crippen molar-refractivity contribution in [2.24, 2.45) is 11.7 Å². The predicted molar refractivity (Wildman–Crippen MR) is 77.3 cm³/mol. The van der Waals surface area contributed by atoms with Gasteiger partial charge in [0.1, 0.15) is 5.75 Å². The van der Waals surface area contributed by atoms with Gasteiger partial charge in [0.05, 0.1) is 19.3 Å². The number of methoxy groups -OCH3 is 1. The van der Waals surface area contributed by atoms with Gasteiger partial charge in [-0.15, -0.1) is 0 Å². The minimum atomic E-state index is -0.0679. The third-order valence-electron chi connectivity index (χ3n) is 4.07. The number of para-hydroxylation sites is 1. The molecular formula is C16H25NO2. The number of rotatable bonds is 5. The van der Waals surface area contributed by atoms with Gasteiger partial charge in [-0.2, -0.15) is 0 Å². The molecule has 1 saturated carbocycles. The van der Waals surface area contributed by atoms with Crippen LogP contribution in [0.15, 0.2) is 24.3 Å². The minimum Gasteiger partial charge on any atom is -0.496 e. The van der Waals surface area contributed by atoms with Crippen molar-refractivity contribution >= 4 is 0 Å². The van der Waals surface area contributed by atoms with Crippen LogP contribution in [0.4, 0.5) is 0 Å². The highest BCUT2D eigenvalue weighted by molar-refractivity contribution is 5.35. The molecule has 0 aromatic heterocycles. The second-order valence-electron chi connectivity index (χ2n) is 5.40. The van der Waals surface area contributed by atoms with Gasteiger partial charge in [-0.05, 0) is 24.8 Å². The monoisotopic (exact) mass is 263 g/mol. The molecule has 2 rings (SSSR count). The maximum Gasteiger partial charge on any atom is 0.124 e. The Kier molecular flexibility index (Phi) is 5.23. The topological polar surface area (TPSA) is 44.5 Å². The number of nitrogens with two attached hydrogens (primary N) is 1. The zero-order valence-corrected chi connectivity index (χ0v) is 12.0. The molecule has 19 heavy (non-hydrogen) atoms. The first-order valence-electron chi connectivity index (χ1n) is 7.24. The number of hydrogen-bond acceptors (Lipinski definition) is 3. The molecule has 1 aliphatic carbocycles. The standard InChI is InChI=1S/C16H25NO2/c1-12-7-3-5-9-14(12)19-16(11-17)13-8-4-6-10-15(13)18-2/h4,6,8,10,12,14,16H,3,5,7,9,11,17H2,1-2H3. The average molecular weight is 263 g/mol. The van der Waals surface area contributed by atoms with Crippen LogP contribution < -0.4 is 10.5 Å². The Morgan fingerprint density at radius 2 is 2.00 bits per heavy atom. The highest BCUT2D eigenvalue weighted by atomic mass is 16.5. The molecule has 0 heterocycles. The highest BCUT2D eigenvalue weighted by Crippen LogP contribution is 2.33. The molecule has 0 radical (unpaired) electrons. The van der Waals surface area contributed by atoms with Gasteiger partial charge in [0.2, 0.25) is 0 Å². The molecule has 1 aromatic carbocycles. The molecule has 106 valence electrons. The van der Waals surface area contributed by atoms with Crippen LogP contribution in [0.2, 0.25) is 0 Å². The molecule has 0 bridgehead atoms. The van der Waals surface area contributed by atoms with Crippen LogP contribution in [-0.2, 0) is 4.74 Å². The van der Waals surface area contributed by atoms with E-state index in [0.717, 1.165) is 17.7 Å². The summed E-state index contributed by atoms with van der Waals surface area (Å²) in [6, 6.07) is 7.99. The quantitative estimate of drug-likeness (QED) is 0.886. The van der Waals surface area contributed by atoms with E-state index in [1.54, 1.807) is 7.11 Å². The summed E-state index contributed by atoms with van der Waals surface area (Å²) < 4.78 is 11.7. The second-order valence-corrected chi connectivity index (χ2v) is 5.40. The number of hydrogen-bond donors (Lipinski definition) is 1. The molecule has 2 N–H and O–H groups in total. The Hall–Kier alpha value is -1.06. The van der Waals surface area contributed by atoms with E-state index >= 15 is 0 Å². The molecule has 1 aliphatic rings. The Morgan fingerprint density at radius 3 is 2.68 bits per heavy atom.